The van der Waals surface area contributed by atoms with E-state index in [4.69, 9.17) is 0 Å². The van der Waals surface area contributed by atoms with E-state index in [2.05, 4.69) is 16.0 Å². The number of benzene rings is 1. The van der Waals surface area contributed by atoms with Gasteiger partial charge in [0.1, 0.15) is 0 Å². The number of carbonyl (C=O) groups is 2. The Bertz CT molecular complexity index is 482. The Balaban J connectivity index is 1.93. The summed E-state index contributed by atoms with van der Waals surface area (Å²) in [7, 11) is 1.57. The summed E-state index contributed by atoms with van der Waals surface area (Å²) in [6.45, 7) is 2.70. The van der Waals surface area contributed by atoms with Gasteiger partial charge in [-0.3, -0.25) is 9.59 Å². The molecule has 108 valence electrons. The van der Waals surface area contributed by atoms with Crippen molar-refractivity contribution in [2.45, 2.75) is 12.8 Å². The standard InChI is InChI=1S/C15H21N3O2/c1-16-14(19)12-5-2-6-13(8-12)15(20)18-10-11-4-3-7-17-9-11/h2,5-6,8,11,17H,3-4,7,9-10H2,1H3,(H,16,19)(H,18,20). The second-order valence-electron chi connectivity index (χ2n) is 5.08. The van der Waals surface area contributed by atoms with Crippen molar-refractivity contribution < 1.29 is 9.59 Å². The lowest BCUT2D eigenvalue weighted by molar-refractivity contribution is 0.0945. The molecule has 1 fully saturated rings. The molecule has 2 amide bonds. The normalized spacial score (nSPS) is 18.4. The van der Waals surface area contributed by atoms with Gasteiger partial charge in [0.05, 0.1) is 0 Å². The van der Waals surface area contributed by atoms with Crippen molar-refractivity contribution >= 4 is 11.8 Å². The highest BCUT2D eigenvalue weighted by atomic mass is 16.2. The van der Waals surface area contributed by atoms with E-state index in [-0.39, 0.29) is 11.8 Å². The largest absolute Gasteiger partial charge is 0.355 e. The molecule has 1 unspecified atom stereocenters. The second-order valence-corrected chi connectivity index (χ2v) is 5.08. The fraction of sp³-hybridized carbons (Fsp3) is 0.467. The Hall–Kier alpha value is -1.88. The van der Waals surface area contributed by atoms with Crippen molar-refractivity contribution in [1.82, 2.24) is 16.0 Å². The fourth-order valence-corrected chi connectivity index (χ4v) is 2.38. The van der Waals surface area contributed by atoms with Crippen LogP contribution in [0.15, 0.2) is 24.3 Å². The molecule has 5 nitrogen and oxygen atoms in total. The quantitative estimate of drug-likeness (QED) is 0.760. The number of piperidine rings is 1. The summed E-state index contributed by atoms with van der Waals surface area (Å²) in [4.78, 5) is 23.6. The highest BCUT2D eigenvalue weighted by Crippen LogP contribution is 2.09. The summed E-state index contributed by atoms with van der Waals surface area (Å²) < 4.78 is 0. The first-order valence-corrected chi connectivity index (χ1v) is 7.02. The van der Waals surface area contributed by atoms with Crippen LogP contribution in [0.2, 0.25) is 0 Å². The van der Waals surface area contributed by atoms with E-state index in [1.807, 2.05) is 0 Å². The fourth-order valence-electron chi connectivity index (χ4n) is 2.38. The van der Waals surface area contributed by atoms with Gasteiger partial charge in [0.2, 0.25) is 0 Å². The van der Waals surface area contributed by atoms with Crippen molar-refractivity contribution in [3.8, 4) is 0 Å². The molecular weight excluding hydrogens is 254 g/mol. The summed E-state index contributed by atoms with van der Waals surface area (Å²) in [5.41, 5.74) is 1.02. The predicted molar refractivity (Wildman–Crippen MR) is 77.8 cm³/mol. The van der Waals surface area contributed by atoms with Crippen molar-refractivity contribution in [1.29, 1.82) is 0 Å². The third kappa shape index (κ3) is 3.81. The molecule has 0 radical (unpaired) electrons. The van der Waals surface area contributed by atoms with Gasteiger partial charge in [-0.25, -0.2) is 0 Å². The molecule has 0 saturated carbocycles. The van der Waals surface area contributed by atoms with Crippen LogP contribution in [0.1, 0.15) is 33.6 Å². The van der Waals surface area contributed by atoms with Gasteiger partial charge in [0.25, 0.3) is 11.8 Å². The van der Waals surface area contributed by atoms with E-state index in [1.165, 1.54) is 0 Å². The van der Waals surface area contributed by atoms with E-state index >= 15 is 0 Å². The molecule has 0 spiro atoms. The summed E-state index contributed by atoms with van der Waals surface area (Å²) in [5, 5.41) is 8.82. The summed E-state index contributed by atoms with van der Waals surface area (Å²) in [6.07, 6.45) is 2.30. The highest BCUT2D eigenvalue weighted by Gasteiger charge is 2.15. The Morgan fingerprint density at radius 2 is 2.05 bits per heavy atom. The van der Waals surface area contributed by atoms with Crippen LogP contribution in [0.25, 0.3) is 0 Å². The molecule has 1 aliphatic rings. The third-order valence-corrected chi connectivity index (χ3v) is 3.56. The third-order valence-electron chi connectivity index (χ3n) is 3.56. The zero-order valence-corrected chi connectivity index (χ0v) is 11.7. The van der Waals surface area contributed by atoms with Crippen LogP contribution in [-0.2, 0) is 0 Å². The molecular formula is C15H21N3O2. The molecule has 1 aromatic carbocycles. The van der Waals surface area contributed by atoms with Gasteiger partial charge >= 0.3 is 0 Å². The maximum atomic E-state index is 12.1. The molecule has 0 bridgehead atoms. The molecule has 1 atom stereocenters. The van der Waals surface area contributed by atoms with Crippen LogP contribution in [0, 0.1) is 5.92 Å². The maximum absolute atomic E-state index is 12.1. The number of amides is 2. The van der Waals surface area contributed by atoms with Crippen LogP contribution in [-0.4, -0.2) is 38.5 Å². The van der Waals surface area contributed by atoms with Crippen LogP contribution in [0.3, 0.4) is 0 Å². The second kappa shape index (κ2) is 7.05. The molecule has 2 rings (SSSR count). The van der Waals surface area contributed by atoms with Gasteiger partial charge in [-0.05, 0) is 50.0 Å². The first-order valence-electron chi connectivity index (χ1n) is 7.02. The summed E-state index contributed by atoms with van der Waals surface area (Å²) in [5.74, 6) is 0.187. The van der Waals surface area contributed by atoms with Gasteiger partial charge in [-0.2, -0.15) is 0 Å². The molecule has 1 aromatic rings. The molecule has 20 heavy (non-hydrogen) atoms. The minimum absolute atomic E-state index is 0.124. The number of hydrogen-bond acceptors (Lipinski definition) is 3. The summed E-state index contributed by atoms with van der Waals surface area (Å²) in [6, 6.07) is 6.76. The Morgan fingerprint density at radius 3 is 2.70 bits per heavy atom. The topological polar surface area (TPSA) is 70.2 Å². The first-order chi connectivity index (χ1) is 9.70. The van der Waals surface area contributed by atoms with Crippen molar-refractivity contribution in [3.05, 3.63) is 35.4 Å². The van der Waals surface area contributed by atoms with E-state index in [0.717, 1.165) is 25.9 Å². The minimum Gasteiger partial charge on any atom is -0.355 e. The van der Waals surface area contributed by atoms with Gasteiger partial charge in [0, 0.05) is 24.7 Å². The molecule has 1 heterocycles. The van der Waals surface area contributed by atoms with E-state index in [9.17, 15) is 9.59 Å². The van der Waals surface area contributed by atoms with Crippen LogP contribution in [0.4, 0.5) is 0 Å². The minimum atomic E-state index is -0.184. The maximum Gasteiger partial charge on any atom is 0.251 e. The molecule has 3 N–H and O–H groups in total. The average Bonchev–Trinajstić information content (AvgIpc) is 2.53. The molecule has 1 saturated heterocycles. The van der Waals surface area contributed by atoms with E-state index in [0.29, 0.717) is 23.6 Å². The predicted octanol–water partition coefficient (Wildman–Crippen LogP) is 0.776. The lowest BCUT2D eigenvalue weighted by Gasteiger charge is -2.22. The number of hydrogen-bond donors (Lipinski definition) is 3. The first kappa shape index (κ1) is 14.5. The van der Waals surface area contributed by atoms with Crippen molar-refractivity contribution in [2.24, 2.45) is 5.92 Å². The lowest BCUT2D eigenvalue weighted by Crippen LogP contribution is -2.38. The van der Waals surface area contributed by atoms with Gasteiger partial charge in [-0.1, -0.05) is 6.07 Å². The van der Waals surface area contributed by atoms with E-state index < -0.39 is 0 Å². The lowest BCUT2D eigenvalue weighted by atomic mass is 9.99. The van der Waals surface area contributed by atoms with Crippen LogP contribution in [0.5, 0.6) is 0 Å². The van der Waals surface area contributed by atoms with E-state index in [1.54, 1.807) is 31.3 Å². The molecule has 1 aliphatic heterocycles. The smallest absolute Gasteiger partial charge is 0.251 e. The van der Waals surface area contributed by atoms with Crippen molar-refractivity contribution in [3.63, 3.8) is 0 Å². The number of rotatable bonds is 4. The van der Waals surface area contributed by atoms with Crippen LogP contribution >= 0.6 is 0 Å². The zero-order valence-electron chi connectivity index (χ0n) is 11.7. The zero-order chi connectivity index (χ0) is 14.4. The number of carbonyl (C=O) groups excluding carboxylic acids is 2. The molecule has 0 aliphatic carbocycles. The van der Waals surface area contributed by atoms with Gasteiger partial charge < -0.3 is 16.0 Å². The van der Waals surface area contributed by atoms with Crippen molar-refractivity contribution in [2.75, 3.05) is 26.7 Å². The number of nitrogens with one attached hydrogen (secondary N) is 3. The Kier molecular flexibility index (Phi) is 5.12. The Morgan fingerprint density at radius 1 is 1.30 bits per heavy atom. The molecule has 0 aromatic heterocycles. The Labute approximate surface area is 119 Å². The monoisotopic (exact) mass is 275 g/mol. The highest BCUT2D eigenvalue weighted by molar-refractivity contribution is 5.99. The SMILES string of the molecule is CNC(=O)c1cccc(C(=O)NCC2CCCNC2)c1. The summed E-state index contributed by atoms with van der Waals surface area (Å²) >= 11 is 0. The average molecular weight is 275 g/mol. The van der Waals surface area contributed by atoms with Gasteiger partial charge in [0.15, 0.2) is 0 Å². The van der Waals surface area contributed by atoms with Crippen LogP contribution < -0.4 is 16.0 Å². The molecule has 5 heteroatoms. The van der Waals surface area contributed by atoms with Gasteiger partial charge in [-0.15, -0.1) is 0 Å².